The summed E-state index contributed by atoms with van der Waals surface area (Å²) in [6.07, 6.45) is 1.40. The minimum Gasteiger partial charge on any atom is -0.465 e. The molecule has 0 unspecified atom stereocenters. The molecule has 2 heterocycles. The molecule has 0 atom stereocenters. The first kappa shape index (κ1) is 10.3. The van der Waals surface area contributed by atoms with E-state index in [2.05, 4.69) is 19.9 Å². The van der Waals surface area contributed by atoms with Crippen molar-refractivity contribution in [3.8, 4) is 11.6 Å². The van der Waals surface area contributed by atoms with Crippen molar-refractivity contribution in [1.82, 2.24) is 15.2 Å². The molecule has 82 valence electrons. The van der Waals surface area contributed by atoms with Gasteiger partial charge in [-0.2, -0.15) is 0 Å². The van der Waals surface area contributed by atoms with Crippen molar-refractivity contribution in [3.05, 3.63) is 29.8 Å². The average molecular weight is 219 g/mol. The van der Waals surface area contributed by atoms with Crippen LogP contribution in [0.15, 0.2) is 22.7 Å². The lowest BCUT2D eigenvalue weighted by Gasteiger charge is -1.98. The summed E-state index contributed by atoms with van der Waals surface area (Å²) >= 11 is 0. The monoisotopic (exact) mass is 219 g/mol. The van der Waals surface area contributed by atoms with E-state index in [0.29, 0.717) is 23.0 Å². The topological polar surface area (TPSA) is 78.1 Å². The zero-order valence-electron chi connectivity index (χ0n) is 8.80. The average Bonchev–Trinajstić information content (AvgIpc) is 2.75. The molecule has 2 aromatic rings. The third-order valence-corrected chi connectivity index (χ3v) is 1.93. The van der Waals surface area contributed by atoms with Crippen LogP contribution in [0.5, 0.6) is 0 Å². The Balaban J connectivity index is 2.29. The van der Waals surface area contributed by atoms with Crippen LogP contribution in [-0.4, -0.2) is 28.3 Å². The molecule has 0 aliphatic heterocycles. The molecular formula is C10H9N3O3. The van der Waals surface area contributed by atoms with Gasteiger partial charge in [0, 0.05) is 13.1 Å². The highest BCUT2D eigenvalue weighted by Crippen LogP contribution is 2.15. The molecule has 2 aromatic heterocycles. The van der Waals surface area contributed by atoms with E-state index in [9.17, 15) is 4.79 Å². The summed E-state index contributed by atoms with van der Waals surface area (Å²) in [4.78, 5) is 15.2. The van der Waals surface area contributed by atoms with Crippen LogP contribution in [0.4, 0.5) is 0 Å². The number of carbonyl (C=O) groups excluding carboxylic acids is 1. The zero-order valence-corrected chi connectivity index (χ0v) is 8.80. The fraction of sp³-hybridized carbons (Fsp3) is 0.200. The van der Waals surface area contributed by atoms with Crippen molar-refractivity contribution in [3.63, 3.8) is 0 Å². The van der Waals surface area contributed by atoms with Gasteiger partial charge in [0.1, 0.15) is 5.69 Å². The van der Waals surface area contributed by atoms with Gasteiger partial charge in [-0.25, -0.2) is 4.79 Å². The molecule has 2 rings (SSSR count). The van der Waals surface area contributed by atoms with E-state index in [1.807, 2.05) is 0 Å². The highest BCUT2D eigenvalue weighted by molar-refractivity contribution is 5.89. The lowest BCUT2D eigenvalue weighted by molar-refractivity contribution is 0.0600. The van der Waals surface area contributed by atoms with Gasteiger partial charge in [0.25, 0.3) is 5.89 Å². The Hall–Kier alpha value is -2.24. The van der Waals surface area contributed by atoms with Crippen LogP contribution in [0.25, 0.3) is 11.6 Å². The first-order valence-corrected chi connectivity index (χ1v) is 4.55. The van der Waals surface area contributed by atoms with Crippen molar-refractivity contribution < 1.29 is 13.9 Å². The van der Waals surface area contributed by atoms with Crippen LogP contribution in [0.1, 0.15) is 16.2 Å². The number of aryl methyl sites for hydroxylation is 1. The van der Waals surface area contributed by atoms with Gasteiger partial charge in [-0.15, -0.1) is 10.2 Å². The first-order valence-electron chi connectivity index (χ1n) is 4.55. The molecule has 0 amide bonds. The van der Waals surface area contributed by atoms with Crippen LogP contribution < -0.4 is 0 Å². The van der Waals surface area contributed by atoms with E-state index in [0.717, 1.165) is 0 Å². The molecule has 0 saturated heterocycles. The van der Waals surface area contributed by atoms with E-state index in [1.165, 1.54) is 13.3 Å². The SMILES string of the molecule is COC(=O)c1ccc(-c2nnc(C)o2)nc1. The van der Waals surface area contributed by atoms with Gasteiger partial charge in [-0.1, -0.05) is 0 Å². The third-order valence-electron chi connectivity index (χ3n) is 1.93. The number of methoxy groups -OCH3 is 1. The summed E-state index contributed by atoms with van der Waals surface area (Å²) in [6.45, 7) is 1.69. The molecule has 6 heteroatoms. The first-order chi connectivity index (χ1) is 7.70. The summed E-state index contributed by atoms with van der Waals surface area (Å²) < 4.78 is 9.75. The number of hydrogen-bond acceptors (Lipinski definition) is 6. The Morgan fingerprint density at radius 2 is 2.19 bits per heavy atom. The lowest BCUT2D eigenvalue weighted by Crippen LogP contribution is -2.01. The minimum atomic E-state index is -0.430. The second-order valence-corrected chi connectivity index (χ2v) is 3.05. The maximum Gasteiger partial charge on any atom is 0.339 e. The molecular weight excluding hydrogens is 210 g/mol. The smallest absolute Gasteiger partial charge is 0.339 e. The number of pyridine rings is 1. The zero-order chi connectivity index (χ0) is 11.5. The maximum absolute atomic E-state index is 11.2. The molecule has 0 spiro atoms. The van der Waals surface area contributed by atoms with Crippen LogP contribution in [0.3, 0.4) is 0 Å². The number of hydrogen-bond donors (Lipinski definition) is 0. The summed E-state index contributed by atoms with van der Waals surface area (Å²) in [5, 5.41) is 7.50. The highest BCUT2D eigenvalue weighted by atomic mass is 16.5. The van der Waals surface area contributed by atoms with Crippen LogP contribution in [0.2, 0.25) is 0 Å². The summed E-state index contributed by atoms with van der Waals surface area (Å²) in [5.74, 6) is 0.364. The normalized spacial score (nSPS) is 10.1. The molecule has 16 heavy (non-hydrogen) atoms. The maximum atomic E-state index is 11.2. The molecule has 0 bridgehead atoms. The van der Waals surface area contributed by atoms with Crippen molar-refractivity contribution >= 4 is 5.97 Å². The van der Waals surface area contributed by atoms with Gasteiger partial charge in [0.2, 0.25) is 5.89 Å². The van der Waals surface area contributed by atoms with Crippen molar-refractivity contribution in [2.24, 2.45) is 0 Å². The molecule has 0 aliphatic rings. The van der Waals surface area contributed by atoms with E-state index in [-0.39, 0.29) is 0 Å². The number of carbonyl (C=O) groups is 1. The standard InChI is InChI=1S/C10H9N3O3/c1-6-12-13-9(16-6)8-4-3-7(5-11-8)10(14)15-2/h3-5H,1-2H3. The molecule has 0 aromatic carbocycles. The summed E-state index contributed by atoms with van der Waals surface area (Å²) in [7, 11) is 1.32. The van der Waals surface area contributed by atoms with Crippen LogP contribution in [0, 0.1) is 6.92 Å². The van der Waals surface area contributed by atoms with Crippen LogP contribution in [-0.2, 0) is 4.74 Å². The second-order valence-electron chi connectivity index (χ2n) is 3.05. The number of aromatic nitrogens is 3. The van der Waals surface area contributed by atoms with Gasteiger partial charge in [0.15, 0.2) is 0 Å². The summed E-state index contributed by atoms with van der Waals surface area (Å²) in [5.41, 5.74) is 0.899. The molecule has 6 nitrogen and oxygen atoms in total. The van der Waals surface area contributed by atoms with Crippen LogP contribution >= 0.6 is 0 Å². The van der Waals surface area contributed by atoms with Crippen molar-refractivity contribution in [2.75, 3.05) is 7.11 Å². The van der Waals surface area contributed by atoms with E-state index in [4.69, 9.17) is 4.42 Å². The quantitative estimate of drug-likeness (QED) is 0.707. The Morgan fingerprint density at radius 1 is 1.38 bits per heavy atom. The second kappa shape index (κ2) is 4.09. The Kier molecular flexibility index (Phi) is 2.63. The van der Waals surface area contributed by atoms with Crippen molar-refractivity contribution in [2.45, 2.75) is 6.92 Å². The molecule has 0 fully saturated rings. The van der Waals surface area contributed by atoms with E-state index in [1.54, 1.807) is 19.1 Å². The largest absolute Gasteiger partial charge is 0.465 e. The van der Waals surface area contributed by atoms with E-state index >= 15 is 0 Å². The number of rotatable bonds is 2. The van der Waals surface area contributed by atoms with Gasteiger partial charge >= 0.3 is 5.97 Å². The van der Waals surface area contributed by atoms with Crippen molar-refractivity contribution in [1.29, 1.82) is 0 Å². The van der Waals surface area contributed by atoms with Gasteiger partial charge in [-0.3, -0.25) is 4.98 Å². The Morgan fingerprint density at radius 3 is 2.69 bits per heavy atom. The Labute approximate surface area is 91.3 Å². The fourth-order valence-corrected chi connectivity index (χ4v) is 1.16. The van der Waals surface area contributed by atoms with Gasteiger partial charge in [-0.05, 0) is 12.1 Å². The Bertz CT molecular complexity index is 504. The number of ether oxygens (including phenoxy) is 1. The predicted molar refractivity (Wildman–Crippen MR) is 53.6 cm³/mol. The molecule has 0 aliphatic carbocycles. The minimum absolute atomic E-state index is 0.328. The van der Waals surface area contributed by atoms with Gasteiger partial charge < -0.3 is 9.15 Å². The van der Waals surface area contributed by atoms with Gasteiger partial charge in [0.05, 0.1) is 12.7 Å². The third kappa shape index (κ3) is 1.90. The molecule has 0 N–H and O–H groups in total. The summed E-state index contributed by atoms with van der Waals surface area (Å²) in [6, 6.07) is 3.22. The number of nitrogens with zero attached hydrogens (tertiary/aromatic N) is 3. The fourth-order valence-electron chi connectivity index (χ4n) is 1.16. The highest BCUT2D eigenvalue weighted by Gasteiger charge is 2.10. The molecule has 0 saturated carbocycles. The predicted octanol–water partition coefficient (Wildman–Crippen LogP) is 1.23. The van der Waals surface area contributed by atoms with E-state index < -0.39 is 5.97 Å². The lowest BCUT2D eigenvalue weighted by atomic mass is 10.2. The molecule has 0 radical (unpaired) electrons. The number of esters is 1.